The second-order valence-corrected chi connectivity index (χ2v) is 10.2. The molecule has 0 aromatic heterocycles. The number of carbonyl (C=O) groups excluding carboxylic acids is 3. The lowest BCUT2D eigenvalue weighted by Gasteiger charge is -2.50. The van der Waals surface area contributed by atoms with E-state index in [4.69, 9.17) is 0 Å². The molecule has 1 aromatic rings. The summed E-state index contributed by atoms with van der Waals surface area (Å²) in [5.74, 6) is 0.664. The van der Waals surface area contributed by atoms with Crippen LogP contribution in [-0.4, -0.2) is 68.4 Å². The molecule has 4 rings (SSSR count). The van der Waals surface area contributed by atoms with Crippen LogP contribution in [0.3, 0.4) is 0 Å². The van der Waals surface area contributed by atoms with E-state index in [-0.39, 0.29) is 35.6 Å². The molecule has 0 saturated heterocycles. The molecule has 0 spiro atoms. The third-order valence-electron chi connectivity index (χ3n) is 7.78. The first-order valence-corrected chi connectivity index (χ1v) is 12.1. The average molecular weight is 494 g/mol. The molecule has 1 aromatic carbocycles. The zero-order chi connectivity index (χ0) is 26.7. The smallest absolute Gasteiger partial charge is 0.209 e. The lowest BCUT2D eigenvalue weighted by atomic mass is 9.58. The lowest BCUT2D eigenvalue weighted by molar-refractivity contribution is -0.148. The largest absolute Gasteiger partial charge is 0.510 e. The normalized spacial score (nSPS) is 28.2. The third kappa shape index (κ3) is 3.57. The van der Waals surface area contributed by atoms with Crippen LogP contribution in [-0.2, 0) is 16.0 Å². The number of ketones is 3. The van der Waals surface area contributed by atoms with Gasteiger partial charge in [-0.15, -0.1) is 0 Å². The van der Waals surface area contributed by atoms with Gasteiger partial charge >= 0.3 is 0 Å². The molecule has 0 heterocycles. The van der Waals surface area contributed by atoms with Crippen molar-refractivity contribution in [1.82, 2.24) is 4.90 Å². The number of aromatic hydroxyl groups is 1. The molecular formula is C28H31NO7. The van der Waals surface area contributed by atoms with Crippen LogP contribution in [0, 0.1) is 29.6 Å². The Balaban J connectivity index is 1.93. The number of Topliss-reactive ketones (excluding diaryl/α,β-unsaturated/α-hetero) is 3. The van der Waals surface area contributed by atoms with Gasteiger partial charge in [-0.3, -0.25) is 19.3 Å². The summed E-state index contributed by atoms with van der Waals surface area (Å²) in [6.07, 6.45) is 1.18. The highest BCUT2D eigenvalue weighted by Crippen LogP contribution is 2.52. The Labute approximate surface area is 209 Å². The number of fused-ring (bicyclic) bond motifs is 3. The van der Waals surface area contributed by atoms with Gasteiger partial charge in [-0.05, 0) is 63.9 Å². The van der Waals surface area contributed by atoms with E-state index in [1.54, 1.807) is 25.1 Å². The molecule has 0 amide bonds. The van der Waals surface area contributed by atoms with Gasteiger partial charge in [0.2, 0.25) is 5.78 Å². The number of hydrogen-bond donors (Lipinski definition) is 4. The van der Waals surface area contributed by atoms with Gasteiger partial charge in [0.1, 0.15) is 22.8 Å². The maximum atomic E-state index is 13.7. The van der Waals surface area contributed by atoms with Gasteiger partial charge in [-0.2, -0.15) is 0 Å². The molecule has 4 N–H and O–H groups in total. The minimum Gasteiger partial charge on any atom is -0.510 e. The first-order chi connectivity index (χ1) is 16.9. The van der Waals surface area contributed by atoms with E-state index < -0.39 is 57.9 Å². The Morgan fingerprint density at radius 2 is 1.89 bits per heavy atom. The van der Waals surface area contributed by atoms with Gasteiger partial charge < -0.3 is 20.4 Å². The highest BCUT2D eigenvalue weighted by atomic mass is 16.3. The number of likely N-dealkylation sites (N-methyl/N-ethyl adjacent to an activating group) is 1. The van der Waals surface area contributed by atoms with Crippen LogP contribution in [0.15, 0.2) is 34.8 Å². The molecular weight excluding hydrogens is 462 g/mol. The minimum atomic E-state index is -2.56. The molecule has 1 unspecified atom stereocenters. The van der Waals surface area contributed by atoms with Crippen LogP contribution in [0.5, 0.6) is 5.75 Å². The summed E-state index contributed by atoms with van der Waals surface area (Å²) < 4.78 is 0. The number of rotatable bonds is 3. The van der Waals surface area contributed by atoms with E-state index in [1.165, 1.54) is 6.07 Å². The first-order valence-electron chi connectivity index (χ1n) is 12.1. The quantitative estimate of drug-likeness (QED) is 0.373. The zero-order valence-electron chi connectivity index (χ0n) is 21.0. The van der Waals surface area contributed by atoms with E-state index in [1.807, 2.05) is 13.8 Å². The molecule has 8 heteroatoms. The fourth-order valence-corrected chi connectivity index (χ4v) is 5.77. The van der Waals surface area contributed by atoms with E-state index in [9.17, 15) is 34.8 Å². The minimum absolute atomic E-state index is 0.0107. The number of carbonyl (C=O) groups is 3. The maximum Gasteiger partial charge on any atom is 0.209 e. The Kier molecular flexibility index (Phi) is 6.36. The summed E-state index contributed by atoms with van der Waals surface area (Å²) >= 11 is 0. The number of phenols is 1. The molecule has 3 aliphatic carbocycles. The topological polar surface area (TPSA) is 135 Å². The molecule has 5 atom stereocenters. The Hall–Kier alpha value is -3.41. The third-order valence-corrected chi connectivity index (χ3v) is 7.78. The number of nitrogens with zero attached hydrogens (tertiary/aromatic N) is 1. The number of phenolic OH excluding ortho intramolecular Hbond substituents is 1. The molecule has 0 bridgehead atoms. The number of benzene rings is 1. The van der Waals surface area contributed by atoms with Crippen LogP contribution < -0.4 is 0 Å². The molecule has 0 aliphatic heterocycles. The van der Waals surface area contributed by atoms with Gasteiger partial charge in [0, 0.05) is 23.0 Å². The van der Waals surface area contributed by atoms with Crippen molar-refractivity contribution >= 4 is 17.3 Å². The fraction of sp³-hybridized carbons (Fsp3) is 0.464. The Morgan fingerprint density at radius 1 is 1.22 bits per heavy atom. The standard InChI is InChI=1S/C28H31NO7/c1-6-13(2)7-8-15-9-10-19(31)22-17(15)11-16-12-18-23(29(4)5)25(33)20(14(3)30)26(34)28(18,36)27(35)21(16)24(22)32/h9-10,13,16,18,23,31,33,35-36H,6,11-12H2,1-5H3/t13?,16-,18-,23-,28+/m0/s1. The van der Waals surface area contributed by atoms with Crippen molar-refractivity contribution in [2.75, 3.05) is 14.1 Å². The maximum absolute atomic E-state index is 13.7. The molecule has 3 aliphatic rings. The van der Waals surface area contributed by atoms with Crippen molar-refractivity contribution in [3.8, 4) is 17.6 Å². The first kappa shape index (κ1) is 25.7. The average Bonchev–Trinajstić information content (AvgIpc) is 2.80. The lowest BCUT2D eigenvalue weighted by Crippen LogP contribution is -2.63. The van der Waals surface area contributed by atoms with Gasteiger partial charge in [-0.1, -0.05) is 25.7 Å². The van der Waals surface area contributed by atoms with Crippen molar-refractivity contribution < 1.29 is 34.8 Å². The fourth-order valence-electron chi connectivity index (χ4n) is 5.77. The van der Waals surface area contributed by atoms with Gasteiger partial charge in [-0.25, -0.2) is 0 Å². The highest BCUT2D eigenvalue weighted by Gasteiger charge is 2.63. The second-order valence-electron chi connectivity index (χ2n) is 10.2. The number of allylic oxidation sites excluding steroid dienone is 1. The summed E-state index contributed by atoms with van der Waals surface area (Å²) in [6, 6.07) is 2.09. The summed E-state index contributed by atoms with van der Waals surface area (Å²) in [6.45, 7) is 5.10. The Bertz CT molecular complexity index is 1310. The summed E-state index contributed by atoms with van der Waals surface area (Å²) in [4.78, 5) is 40.8. The molecule has 8 nitrogen and oxygen atoms in total. The van der Waals surface area contributed by atoms with Crippen molar-refractivity contribution in [2.45, 2.75) is 51.7 Å². The predicted molar refractivity (Wildman–Crippen MR) is 131 cm³/mol. The van der Waals surface area contributed by atoms with Crippen LogP contribution in [0.25, 0.3) is 0 Å². The molecule has 36 heavy (non-hydrogen) atoms. The molecule has 0 fully saturated rings. The van der Waals surface area contributed by atoms with Crippen molar-refractivity contribution in [1.29, 1.82) is 0 Å². The van der Waals surface area contributed by atoms with Crippen molar-refractivity contribution in [2.24, 2.45) is 17.8 Å². The molecule has 190 valence electrons. The van der Waals surface area contributed by atoms with Crippen LogP contribution >= 0.6 is 0 Å². The van der Waals surface area contributed by atoms with Crippen LogP contribution in [0.2, 0.25) is 0 Å². The summed E-state index contributed by atoms with van der Waals surface area (Å²) in [5.41, 5.74) is -2.17. The van der Waals surface area contributed by atoms with Crippen LogP contribution in [0.4, 0.5) is 0 Å². The highest BCUT2D eigenvalue weighted by molar-refractivity contribution is 6.25. The van der Waals surface area contributed by atoms with Gasteiger partial charge in [0.15, 0.2) is 17.2 Å². The van der Waals surface area contributed by atoms with E-state index >= 15 is 0 Å². The second kappa shape index (κ2) is 8.91. The van der Waals surface area contributed by atoms with E-state index in [0.717, 1.165) is 13.3 Å². The van der Waals surface area contributed by atoms with E-state index in [0.29, 0.717) is 11.1 Å². The summed E-state index contributed by atoms with van der Waals surface area (Å²) in [5, 5.41) is 44.4. The van der Waals surface area contributed by atoms with Gasteiger partial charge in [0.25, 0.3) is 0 Å². The van der Waals surface area contributed by atoms with Crippen molar-refractivity contribution in [3.63, 3.8) is 0 Å². The zero-order valence-corrected chi connectivity index (χ0v) is 21.0. The molecule has 0 radical (unpaired) electrons. The van der Waals surface area contributed by atoms with Crippen molar-refractivity contribution in [3.05, 3.63) is 51.5 Å². The monoisotopic (exact) mass is 493 g/mol. The number of hydrogen-bond acceptors (Lipinski definition) is 8. The molecule has 0 saturated carbocycles. The number of aliphatic hydroxyl groups is 3. The SMILES string of the molecule is CCC(C)C#Cc1ccc(O)c2c1C[C@H]1C[C@H]3[C@H](N(C)C)C(O)=C(C(C)=O)C(=O)[C@@]3(O)C(O)=C1C2=O. The number of aliphatic hydroxyl groups excluding tert-OH is 2. The summed E-state index contributed by atoms with van der Waals surface area (Å²) in [7, 11) is 3.26. The predicted octanol–water partition coefficient (Wildman–Crippen LogP) is 2.62. The van der Waals surface area contributed by atoms with Gasteiger partial charge in [0.05, 0.1) is 11.6 Å². The van der Waals surface area contributed by atoms with E-state index in [2.05, 4.69) is 11.8 Å². The van der Waals surface area contributed by atoms with Crippen LogP contribution in [0.1, 0.15) is 55.1 Å². The Morgan fingerprint density at radius 3 is 2.47 bits per heavy atom.